The minimum atomic E-state index is -5.90. The molecule has 0 radical (unpaired) electrons. The number of amides is 2. The largest absolute Gasteiger partial charge is 0.455 e. The van der Waals surface area contributed by atoms with E-state index in [4.69, 9.17) is 4.74 Å². The summed E-state index contributed by atoms with van der Waals surface area (Å²) in [5.41, 5.74) is -0.352. The van der Waals surface area contributed by atoms with Crippen LogP contribution < -0.4 is 9.80 Å². The van der Waals surface area contributed by atoms with Crippen LogP contribution in [0, 0.1) is 0 Å². The first kappa shape index (κ1) is 26.2. The SMILES string of the molecule is CCS(=O)(=O)c1cc(N(C)C(C)=O)cnc1-c1cc2c(cn1)N(CC(F)(F)C(F)(F)F)C(=O)OC2. The van der Waals surface area contributed by atoms with Crippen molar-refractivity contribution < 1.29 is 44.7 Å². The summed E-state index contributed by atoms with van der Waals surface area (Å²) in [5, 5.41) is 0. The number of rotatable bonds is 6. The number of hydrogen-bond acceptors (Lipinski definition) is 7. The zero-order chi connectivity index (χ0) is 26.3. The van der Waals surface area contributed by atoms with Gasteiger partial charge in [-0.25, -0.2) is 13.2 Å². The number of ether oxygens (including phenoxy) is 1. The summed E-state index contributed by atoms with van der Waals surface area (Å²) in [5.74, 6) is -5.93. The Hall–Kier alpha value is -3.36. The standard InChI is InChI=1S/C20H19F5N4O5S/c1-4-35(32,33)16-6-13(28(3)11(2)30)7-27-17(16)14-5-12-9-34-18(31)29(15(12)8-26-14)10-19(21,22)20(23,24)25/h5-8H,4,9-10H2,1-3H3. The summed E-state index contributed by atoms with van der Waals surface area (Å²) in [6, 6.07) is 2.41. The van der Waals surface area contributed by atoms with Gasteiger partial charge in [0, 0.05) is 19.5 Å². The van der Waals surface area contributed by atoms with E-state index < -0.39 is 41.2 Å². The third-order valence-corrected chi connectivity index (χ3v) is 7.00. The maximum Gasteiger partial charge on any atom is 0.455 e. The second kappa shape index (κ2) is 9.02. The monoisotopic (exact) mass is 522 g/mol. The molecule has 3 rings (SSSR count). The molecule has 9 nitrogen and oxygen atoms in total. The number of alkyl halides is 5. The van der Waals surface area contributed by atoms with Crippen LogP contribution in [0.2, 0.25) is 0 Å². The van der Waals surface area contributed by atoms with Crippen LogP contribution in [0.1, 0.15) is 19.4 Å². The van der Waals surface area contributed by atoms with Crippen molar-refractivity contribution in [2.75, 3.05) is 29.1 Å². The highest BCUT2D eigenvalue weighted by Gasteiger charge is 2.59. The van der Waals surface area contributed by atoms with Gasteiger partial charge in [-0.1, -0.05) is 6.92 Å². The third kappa shape index (κ3) is 5.04. The van der Waals surface area contributed by atoms with Gasteiger partial charge in [0.05, 0.1) is 40.1 Å². The van der Waals surface area contributed by atoms with Crippen molar-refractivity contribution in [3.8, 4) is 11.4 Å². The number of cyclic esters (lactones) is 1. The van der Waals surface area contributed by atoms with E-state index in [-0.39, 0.29) is 49.8 Å². The maximum atomic E-state index is 13.6. The Morgan fingerprint density at radius 1 is 1.17 bits per heavy atom. The van der Waals surface area contributed by atoms with E-state index in [9.17, 15) is 40.0 Å². The number of aromatic nitrogens is 2. The molecule has 0 aromatic carbocycles. The Labute approximate surface area is 196 Å². The summed E-state index contributed by atoms with van der Waals surface area (Å²) >= 11 is 0. The highest BCUT2D eigenvalue weighted by Crippen LogP contribution is 2.39. The summed E-state index contributed by atoms with van der Waals surface area (Å²) in [4.78, 5) is 32.7. The fourth-order valence-electron chi connectivity index (χ4n) is 3.12. The highest BCUT2D eigenvalue weighted by atomic mass is 32.2. The molecule has 0 fully saturated rings. The van der Waals surface area contributed by atoms with E-state index in [0.29, 0.717) is 0 Å². The van der Waals surface area contributed by atoms with E-state index in [1.165, 1.54) is 44.1 Å². The molecule has 3 heterocycles. The summed E-state index contributed by atoms with van der Waals surface area (Å²) in [6.07, 6.45) is -5.22. The lowest BCUT2D eigenvalue weighted by Gasteiger charge is -2.32. The lowest BCUT2D eigenvalue weighted by molar-refractivity contribution is -0.276. The number of hydrogen-bond donors (Lipinski definition) is 0. The normalized spacial score (nSPS) is 14.4. The molecule has 0 saturated carbocycles. The van der Waals surface area contributed by atoms with Crippen molar-refractivity contribution in [2.24, 2.45) is 0 Å². The number of carbonyl (C=O) groups excluding carboxylic acids is 2. The van der Waals surface area contributed by atoms with Gasteiger partial charge in [0.1, 0.15) is 18.8 Å². The number of carbonyl (C=O) groups is 2. The molecule has 190 valence electrons. The Morgan fingerprint density at radius 3 is 2.40 bits per heavy atom. The topological polar surface area (TPSA) is 110 Å². The molecule has 0 spiro atoms. The molecule has 15 heteroatoms. The lowest BCUT2D eigenvalue weighted by atomic mass is 10.1. The van der Waals surface area contributed by atoms with E-state index in [0.717, 1.165) is 6.20 Å². The van der Waals surface area contributed by atoms with E-state index in [1.54, 1.807) is 0 Å². The first-order chi connectivity index (χ1) is 16.1. The van der Waals surface area contributed by atoms with Gasteiger partial charge in [0.15, 0.2) is 9.84 Å². The smallest absolute Gasteiger partial charge is 0.444 e. The van der Waals surface area contributed by atoms with Gasteiger partial charge in [-0.3, -0.25) is 19.7 Å². The van der Waals surface area contributed by atoms with Gasteiger partial charge in [0.2, 0.25) is 5.91 Å². The number of anilines is 2. The van der Waals surface area contributed by atoms with Gasteiger partial charge >= 0.3 is 18.2 Å². The van der Waals surface area contributed by atoms with Gasteiger partial charge in [-0.15, -0.1) is 0 Å². The van der Waals surface area contributed by atoms with E-state index in [1.807, 2.05) is 0 Å². The molecule has 1 aliphatic rings. The molecule has 0 N–H and O–H groups in total. The predicted molar refractivity (Wildman–Crippen MR) is 113 cm³/mol. The van der Waals surface area contributed by atoms with Gasteiger partial charge < -0.3 is 9.64 Å². The Balaban J connectivity index is 2.10. The third-order valence-electron chi connectivity index (χ3n) is 5.26. The average molecular weight is 522 g/mol. The molecule has 2 amide bonds. The van der Waals surface area contributed by atoms with Gasteiger partial charge in [0.25, 0.3) is 0 Å². The van der Waals surface area contributed by atoms with E-state index >= 15 is 0 Å². The summed E-state index contributed by atoms with van der Waals surface area (Å²) in [7, 11) is -2.49. The van der Waals surface area contributed by atoms with Crippen molar-refractivity contribution in [1.82, 2.24) is 9.97 Å². The maximum absolute atomic E-state index is 13.6. The first-order valence-electron chi connectivity index (χ1n) is 9.94. The molecule has 2 aromatic heterocycles. The number of fused-ring (bicyclic) bond motifs is 1. The fraction of sp³-hybridized carbons (Fsp3) is 0.400. The van der Waals surface area contributed by atoms with Crippen molar-refractivity contribution in [2.45, 2.75) is 37.4 Å². The van der Waals surface area contributed by atoms with Crippen LogP contribution >= 0.6 is 0 Å². The molecule has 2 aromatic rings. The number of sulfone groups is 1. The Morgan fingerprint density at radius 2 is 1.83 bits per heavy atom. The molecule has 0 saturated heterocycles. The molecule has 35 heavy (non-hydrogen) atoms. The highest BCUT2D eigenvalue weighted by molar-refractivity contribution is 7.91. The van der Waals surface area contributed by atoms with Gasteiger partial charge in [-0.05, 0) is 12.1 Å². The quantitative estimate of drug-likeness (QED) is 0.534. The number of pyridine rings is 2. The molecular formula is C20H19F5N4O5S. The molecule has 1 aliphatic heterocycles. The second-order valence-electron chi connectivity index (χ2n) is 7.56. The summed E-state index contributed by atoms with van der Waals surface area (Å²) in [6.45, 7) is 0.156. The van der Waals surface area contributed by atoms with Crippen LogP contribution in [0.15, 0.2) is 29.4 Å². The van der Waals surface area contributed by atoms with Crippen molar-refractivity contribution in [1.29, 1.82) is 0 Å². The number of nitrogens with zero attached hydrogens (tertiary/aromatic N) is 4. The fourth-order valence-corrected chi connectivity index (χ4v) is 4.18. The summed E-state index contributed by atoms with van der Waals surface area (Å²) < 4.78 is 95.4. The molecular weight excluding hydrogens is 503 g/mol. The minimum absolute atomic E-state index is 0.0131. The van der Waals surface area contributed by atoms with Gasteiger partial charge in [-0.2, -0.15) is 22.0 Å². The minimum Gasteiger partial charge on any atom is -0.444 e. The second-order valence-corrected chi connectivity index (χ2v) is 9.81. The van der Waals surface area contributed by atoms with Crippen LogP contribution in [0.3, 0.4) is 0 Å². The van der Waals surface area contributed by atoms with Crippen LogP contribution in [-0.4, -0.2) is 61.8 Å². The molecule has 0 atom stereocenters. The van der Waals surface area contributed by atoms with Crippen molar-refractivity contribution >= 4 is 33.2 Å². The molecule has 0 bridgehead atoms. The van der Waals surface area contributed by atoms with Crippen molar-refractivity contribution in [3.63, 3.8) is 0 Å². The van der Waals surface area contributed by atoms with Crippen molar-refractivity contribution in [3.05, 3.63) is 30.1 Å². The average Bonchev–Trinajstić information content (AvgIpc) is 2.78. The molecule has 0 unspecified atom stereocenters. The van der Waals surface area contributed by atoms with Crippen LogP contribution in [0.5, 0.6) is 0 Å². The zero-order valence-corrected chi connectivity index (χ0v) is 19.4. The Kier molecular flexibility index (Phi) is 6.76. The lowest BCUT2D eigenvalue weighted by Crippen LogP contribution is -2.50. The first-order valence-corrected chi connectivity index (χ1v) is 11.6. The zero-order valence-electron chi connectivity index (χ0n) is 18.6. The van der Waals surface area contributed by atoms with Crippen LogP contribution in [0.25, 0.3) is 11.4 Å². The Bertz CT molecular complexity index is 1280. The predicted octanol–water partition coefficient (Wildman–Crippen LogP) is 3.57. The number of halogens is 5. The van der Waals surface area contributed by atoms with Crippen LogP contribution in [0.4, 0.5) is 38.1 Å². The van der Waals surface area contributed by atoms with E-state index in [2.05, 4.69) is 9.97 Å². The molecule has 0 aliphatic carbocycles. The van der Waals surface area contributed by atoms with Crippen LogP contribution in [-0.2, 0) is 26.0 Å².